The summed E-state index contributed by atoms with van der Waals surface area (Å²) in [6.45, 7) is 0.874. The van der Waals surface area contributed by atoms with Gasteiger partial charge in [0, 0.05) is 11.1 Å². The van der Waals surface area contributed by atoms with Gasteiger partial charge in [-0.3, -0.25) is 24.1 Å². The number of rotatable bonds is 5. The van der Waals surface area contributed by atoms with Crippen molar-refractivity contribution in [1.29, 1.82) is 0 Å². The number of ether oxygens (including phenoxy) is 1. The van der Waals surface area contributed by atoms with Crippen molar-refractivity contribution in [3.05, 3.63) is 77.9 Å². The molecule has 1 atom stereocenters. The first-order valence-electron chi connectivity index (χ1n) is 9.39. The second-order valence-electron chi connectivity index (χ2n) is 6.89. The predicted molar refractivity (Wildman–Crippen MR) is 110 cm³/mol. The number of carbonyl (C=O) groups excluding carboxylic acids is 4. The monoisotopic (exact) mass is 402 g/mol. The quantitative estimate of drug-likeness (QED) is 0.523. The SMILES string of the molecule is C[C@H](OC(=O)CN1C(=O)c2ccccc2C1=O)C(=O)Nc1cccc2ccccc12. The van der Waals surface area contributed by atoms with Crippen molar-refractivity contribution in [2.24, 2.45) is 0 Å². The maximum absolute atomic E-state index is 12.5. The van der Waals surface area contributed by atoms with Crippen LogP contribution in [-0.2, 0) is 14.3 Å². The summed E-state index contributed by atoms with van der Waals surface area (Å²) in [4.78, 5) is 50.3. The molecule has 0 spiro atoms. The average molecular weight is 402 g/mol. The maximum atomic E-state index is 12.5. The molecule has 0 unspecified atom stereocenters. The Hall–Kier alpha value is -4.00. The Morgan fingerprint density at radius 1 is 0.900 bits per heavy atom. The van der Waals surface area contributed by atoms with Gasteiger partial charge in [0.2, 0.25) is 0 Å². The van der Waals surface area contributed by atoms with Crippen LogP contribution in [-0.4, -0.2) is 41.2 Å². The first kappa shape index (κ1) is 19.3. The Labute approximate surface area is 172 Å². The molecule has 1 heterocycles. The normalized spacial score (nSPS) is 13.8. The topological polar surface area (TPSA) is 92.8 Å². The summed E-state index contributed by atoms with van der Waals surface area (Å²) in [7, 11) is 0. The molecule has 3 aromatic rings. The fraction of sp³-hybridized carbons (Fsp3) is 0.130. The fourth-order valence-corrected chi connectivity index (χ4v) is 3.37. The van der Waals surface area contributed by atoms with Crippen LogP contribution in [0.3, 0.4) is 0 Å². The third-order valence-corrected chi connectivity index (χ3v) is 4.89. The third-order valence-electron chi connectivity index (χ3n) is 4.89. The summed E-state index contributed by atoms with van der Waals surface area (Å²) in [6.07, 6.45) is -1.10. The zero-order chi connectivity index (χ0) is 21.3. The second kappa shape index (κ2) is 7.79. The predicted octanol–water partition coefficient (Wildman–Crippen LogP) is 3.01. The molecule has 150 valence electrons. The van der Waals surface area contributed by atoms with Crippen LogP contribution in [0.25, 0.3) is 10.8 Å². The Bertz CT molecular complexity index is 1150. The second-order valence-corrected chi connectivity index (χ2v) is 6.89. The van der Waals surface area contributed by atoms with Crippen molar-refractivity contribution in [2.75, 3.05) is 11.9 Å². The Balaban J connectivity index is 1.40. The van der Waals surface area contributed by atoms with Gasteiger partial charge in [-0.05, 0) is 30.5 Å². The Morgan fingerprint density at radius 2 is 1.50 bits per heavy atom. The lowest BCUT2D eigenvalue weighted by Crippen LogP contribution is -2.38. The highest BCUT2D eigenvalue weighted by Gasteiger charge is 2.37. The number of nitrogens with one attached hydrogen (secondary N) is 1. The molecule has 0 aliphatic carbocycles. The summed E-state index contributed by atoms with van der Waals surface area (Å²) in [6, 6.07) is 19.4. The van der Waals surface area contributed by atoms with Gasteiger partial charge < -0.3 is 10.1 Å². The van der Waals surface area contributed by atoms with Gasteiger partial charge in [-0.15, -0.1) is 0 Å². The smallest absolute Gasteiger partial charge is 0.326 e. The number of hydrogen-bond donors (Lipinski definition) is 1. The zero-order valence-electron chi connectivity index (χ0n) is 16.1. The Kier molecular flexibility index (Phi) is 5.02. The number of esters is 1. The number of hydrogen-bond acceptors (Lipinski definition) is 5. The van der Waals surface area contributed by atoms with Gasteiger partial charge in [-0.2, -0.15) is 0 Å². The molecule has 0 saturated carbocycles. The molecular formula is C23H18N2O5. The van der Waals surface area contributed by atoms with Crippen LogP contribution in [0.1, 0.15) is 27.6 Å². The first-order chi connectivity index (χ1) is 14.5. The molecule has 0 saturated heterocycles. The van der Waals surface area contributed by atoms with Crippen LogP contribution in [0, 0.1) is 0 Å². The van der Waals surface area contributed by atoms with Gasteiger partial charge in [0.05, 0.1) is 11.1 Å². The van der Waals surface area contributed by atoms with E-state index < -0.39 is 36.3 Å². The Morgan fingerprint density at radius 3 is 2.20 bits per heavy atom. The molecule has 30 heavy (non-hydrogen) atoms. The molecule has 3 amide bonds. The minimum absolute atomic E-state index is 0.247. The van der Waals surface area contributed by atoms with Crippen LogP contribution in [0.5, 0.6) is 0 Å². The van der Waals surface area contributed by atoms with Crippen LogP contribution < -0.4 is 5.32 Å². The van der Waals surface area contributed by atoms with Gasteiger partial charge in [0.25, 0.3) is 17.7 Å². The minimum Gasteiger partial charge on any atom is -0.451 e. The summed E-state index contributed by atoms with van der Waals surface area (Å²) < 4.78 is 5.16. The van der Waals surface area contributed by atoms with Crippen molar-refractivity contribution in [1.82, 2.24) is 4.90 Å². The van der Waals surface area contributed by atoms with Crippen molar-refractivity contribution in [3.8, 4) is 0 Å². The van der Waals surface area contributed by atoms with E-state index in [0.717, 1.165) is 15.7 Å². The molecule has 4 rings (SSSR count). The van der Waals surface area contributed by atoms with E-state index in [2.05, 4.69) is 5.32 Å². The van der Waals surface area contributed by atoms with E-state index in [1.54, 1.807) is 18.2 Å². The standard InChI is InChI=1S/C23H18N2O5/c1-14(21(27)24-19-12-6-8-15-7-2-3-9-16(15)19)30-20(26)13-25-22(28)17-10-4-5-11-18(17)23(25)29/h2-12,14H,13H2,1H3,(H,24,27)/t14-/m0/s1. The third kappa shape index (κ3) is 3.53. The van der Waals surface area contributed by atoms with Crippen LogP contribution in [0.4, 0.5) is 5.69 Å². The first-order valence-corrected chi connectivity index (χ1v) is 9.39. The summed E-state index contributed by atoms with van der Waals surface area (Å²) in [5.74, 6) is -2.46. The number of anilines is 1. The average Bonchev–Trinajstić information content (AvgIpc) is 2.99. The fourth-order valence-electron chi connectivity index (χ4n) is 3.37. The molecule has 1 N–H and O–H groups in total. The van der Waals surface area contributed by atoms with E-state index in [1.165, 1.54) is 19.1 Å². The van der Waals surface area contributed by atoms with Gasteiger partial charge in [-0.25, -0.2) is 0 Å². The molecule has 0 radical (unpaired) electrons. The molecule has 1 aliphatic rings. The number of imide groups is 1. The van der Waals surface area contributed by atoms with Gasteiger partial charge in [-0.1, -0.05) is 48.5 Å². The van der Waals surface area contributed by atoms with E-state index in [4.69, 9.17) is 4.74 Å². The van der Waals surface area contributed by atoms with E-state index >= 15 is 0 Å². The number of fused-ring (bicyclic) bond motifs is 2. The number of amides is 3. The van der Waals surface area contributed by atoms with E-state index in [0.29, 0.717) is 5.69 Å². The lowest BCUT2D eigenvalue weighted by molar-refractivity contribution is -0.153. The molecule has 0 aromatic heterocycles. The van der Waals surface area contributed by atoms with Gasteiger partial charge in [0.15, 0.2) is 6.10 Å². The van der Waals surface area contributed by atoms with Crippen molar-refractivity contribution < 1.29 is 23.9 Å². The lowest BCUT2D eigenvalue weighted by Gasteiger charge is -2.17. The van der Waals surface area contributed by atoms with Gasteiger partial charge in [0.1, 0.15) is 6.54 Å². The molecular weight excluding hydrogens is 384 g/mol. The molecule has 7 heteroatoms. The maximum Gasteiger partial charge on any atom is 0.326 e. The highest BCUT2D eigenvalue weighted by Crippen LogP contribution is 2.24. The summed E-state index contributed by atoms with van der Waals surface area (Å²) >= 11 is 0. The molecule has 3 aromatic carbocycles. The highest BCUT2D eigenvalue weighted by atomic mass is 16.5. The lowest BCUT2D eigenvalue weighted by atomic mass is 10.1. The van der Waals surface area contributed by atoms with Crippen LogP contribution >= 0.6 is 0 Å². The summed E-state index contributed by atoms with van der Waals surface area (Å²) in [5.41, 5.74) is 1.09. The largest absolute Gasteiger partial charge is 0.451 e. The zero-order valence-corrected chi connectivity index (χ0v) is 16.1. The van der Waals surface area contributed by atoms with Crippen molar-refractivity contribution in [3.63, 3.8) is 0 Å². The van der Waals surface area contributed by atoms with E-state index in [-0.39, 0.29) is 11.1 Å². The molecule has 0 bridgehead atoms. The van der Waals surface area contributed by atoms with Gasteiger partial charge >= 0.3 is 5.97 Å². The highest BCUT2D eigenvalue weighted by molar-refractivity contribution is 6.22. The summed E-state index contributed by atoms with van der Waals surface area (Å²) in [5, 5.41) is 4.57. The van der Waals surface area contributed by atoms with E-state index in [1.807, 2.05) is 36.4 Å². The van der Waals surface area contributed by atoms with E-state index in [9.17, 15) is 19.2 Å². The van der Waals surface area contributed by atoms with Crippen LogP contribution in [0.2, 0.25) is 0 Å². The molecule has 0 fully saturated rings. The van der Waals surface area contributed by atoms with Crippen LogP contribution in [0.15, 0.2) is 66.7 Å². The number of carbonyl (C=O) groups is 4. The van der Waals surface area contributed by atoms with Crippen molar-refractivity contribution >= 4 is 40.2 Å². The number of nitrogens with zero attached hydrogens (tertiary/aromatic N) is 1. The molecule has 1 aliphatic heterocycles. The minimum atomic E-state index is -1.10. The number of benzene rings is 3. The molecule has 7 nitrogen and oxygen atoms in total. The van der Waals surface area contributed by atoms with Crippen molar-refractivity contribution in [2.45, 2.75) is 13.0 Å².